The van der Waals surface area contributed by atoms with Crippen LogP contribution in [0.25, 0.3) is 50.5 Å². The third-order valence-corrected chi connectivity index (χ3v) is 8.68. The predicted molar refractivity (Wildman–Crippen MR) is 206 cm³/mol. The third-order valence-electron chi connectivity index (χ3n) is 8.68. The van der Waals surface area contributed by atoms with Crippen molar-refractivity contribution in [2.75, 3.05) is 0 Å². The van der Waals surface area contributed by atoms with Gasteiger partial charge in [-0.3, -0.25) is 4.98 Å². The van der Waals surface area contributed by atoms with Crippen molar-refractivity contribution in [1.29, 1.82) is 0 Å². The minimum atomic E-state index is -0.834. The van der Waals surface area contributed by atoms with E-state index in [0.717, 1.165) is 56.1 Å². The van der Waals surface area contributed by atoms with Crippen LogP contribution in [-0.2, 0) is 25.5 Å². The summed E-state index contributed by atoms with van der Waals surface area (Å²) < 4.78 is 19.7. The molecule has 0 fully saturated rings. The zero-order valence-electron chi connectivity index (χ0n) is 31.9. The quantitative estimate of drug-likeness (QED) is 0.156. The number of hydrogen-bond acceptors (Lipinski definition) is 2. The Morgan fingerprint density at radius 2 is 1.22 bits per heavy atom. The Bertz CT molecular complexity index is 2190. The van der Waals surface area contributed by atoms with E-state index >= 15 is 0 Å². The number of para-hydroxylation sites is 3. The maximum Gasteiger partial charge on any atom is 0.0774 e. The predicted octanol–water partition coefficient (Wildman–Crippen LogP) is 12.3. The summed E-state index contributed by atoms with van der Waals surface area (Å²) in [7, 11) is 0. The van der Waals surface area contributed by atoms with E-state index in [2.05, 4.69) is 78.9 Å². The molecule has 1 radical (unpaired) electrons. The minimum Gasteiger partial charge on any atom is -0.333 e. The molecule has 7 rings (SSSR count). The molecule has 5 aromatic carbocycles. The van der Waals surface area contributed by atoms with Crippen LogP contribution in [0.4, 0.5) is 0 Å². The maximum absolute atomic E-state index is 8.80. The van der Waals surface area contributed by atoms with Gasteiger partial charge < -0.3 is 9.55 Å². The first-order valence-electron chi connectivity index (χ1n) is 17.8. The molecule has 4 heteroatoms. The van der Waals surface area contributed by atoms with Crippen LogP contribution in [0.3, 0.4) is 0 Å². The van der Waals surface area contributed by atoms with Crippen LogP contribution in [0.2, 0.25) is 0 Å². The zero-order valence-corrected chi connectivity index (χ0v) is 32.3. The molecule has 0 aliphatic heterocycles. The molecular formula is C46H45IrN3-2. The minimum absolute atomic E-state index is 0. The molecule has 0 unspecified atom stereocenters. The molecule has 50 heavy (non-hydrogen) atoms. The summed E-state index contributed by atoms with van der Waals surface area (Å²) in [6.45, 7) is 14.2. The van der Waals surface area contributed by atoms with E-state index in [4.69, 9.17) is 7.73 Å². The number of nitrogens with zero attached hydrogens (tertiary/aromatic N) is 3. The van der Waals surface area contributed by atoms with Crippen molar-refractivity contribution < 1.29 is 22.8 Å². The van der Waals surface area contributed by atoms with Crippen molar-refractivity contribution >= 4 is 11.0 Å². The van der Waals surface area contributed by atoms with Crippen LogP contribution in [0.5, 0.6) is 0 Å². The molecule has 2 aromatic heterocycles. The van der Waals surface area contributed by atoms with Crippen LogP contribution >= 0.6 is 0 Å². The molecule has 0 saturated carbocycles. The number of rotatable bonds is 6. The maximum atomic E-state index is 8.80. The second-order valence-corrected chi connectivity index (χ2v) is 13.8. The molecular weight excluding hydrogens is 787 g/mol. The largest absolute Gasteiger partial charge is 0.333 e. The monoisotopic (exact) mass is 834 g/mol. The molecule has 0 aliphatic carbocycles. The van der Waals surface area contributed by atoms with Gasteiger partial charge in [0, 0.05) is 34.7 Å². The molecule has 255 valence electrons. The fraction of sp³-hybridized carbons (Fsp3) is 0.217. The molecule has 2 heterocycles. The summed E-state index contributed by atoms with van der Waals surface area (Å²) in [6.07, 6.45) is 1.93. The Kier molecular flexibility index (Phi) is 10.8. The molecule has 0 atom stereocenters. The molecule has 0 N–H and O–H groups in total. The van der Waals surface area contributed by atoms with Crippen molar-refractivity contribution in [3.8, 4) is 39.5 Å². The van der Waals surface area contributed by atoms with Crippen molar-refractivity contribution in [3.63, 3.8) is 0 Å². The van der Waals surface area contributed by atoms with E-state index in [0.29, 0.717) is 0 Å². The van der Waals surface area contributed by atoms with Crippen LogP contribution in [0.1, 0.15) is 79.7 Å². The second kappa shape index (κ2) is 15.9. The number of hydrogen-bond donors (Lipinski definition) is 0. The van der Waals surface area contributed by atoms with E-state index in [1.807, 2.05) is 125 Å². The topological polar surface area (TPSA) is 30.7 Å². The fourth-order valence-corrected chi connectivity index (χ4v) is 6.00. The Labute approximate surface area is 314 Å². The van der Waals surface area contributed by atoms with Gasteiger partial charge in [-0.15, -0.1) is 71.8 Å². The number of pyridine rings is 1. The van der Waals surface area contributed by atoms with Crippen molar-refractivity contribution in [2.24, 2.45) is 0 Å². The SMILES string of the molecule is CC(C)(C)c1ccc(-c2ccc(-c3[c-]cccc3)nc2)cc1.[2H]C(C)(C)c1cccc(C([2H])(C)C)c1-n1c(-c2[c-]cccc2)nc2ccccc21.[Ir]. The van der Waals surface area contributed by atoms with Crippen LogP contribution in [0, 0.1) is 12.1 Å². The standard InChI is InChI=1S/C25H25N2.C21H20N.Ir/c1-17(2)20-13-10-14-21(18(3)4)24(20)27-23-16-9-8-15-22(23)26-25(27)19-11-6-5-7-12-19;1-21(2,3)19-12-9-16(10-13-19)18-11-14-20(22-15-18)17-7-5-4-6-8-17;/h5-11,13-18H,1-4H3;4-7,9-15H,1-3H3;/q2*-1;/i17D,18D;;. The van der Waals surface area contributed by atoms with Gasteiger partial charge >= 0.3 is 0 Å². The Morgan fingerprint density at radius 1 is 0.640 bits per heavy atom. The number of fused-ring (bicyclic) bond motifs is 1. The summed E-state index contributed by atoms with van der Waals surface area (Å²) in [5.74, 6) is -0.895. The first-order chi connectivity index (χ1) is 24.2. The normalized spacial score (nSPS) is 12.3. The molecule has 0 saturated heterocycles. The molecule has 7 aromatic rings. The average Bonchev–Trinajstić information content (AvgIpc) is 3.51. The van der Waals surface area contributed by atoms with Gasteiger partial charge in [-0.05, 0) is 62.8 Å². The fourth-order valence-electron chi connectivity index (χ4n) is 6.00. The van der Waals surface area contributed by atoms with E-state index in [9.17, 15) is 0 Å². The van der Waals surface area contributed by atoms with Gasteiger partial charge in [-0.1, -0.05) is 115 Å². The molecule has 0 spiro atoms. The first-order valence-corrected chi connectivity index (χ1v) is 16.8. The van der Waals surface area contributed by atoms with Crippen molar-refractivity contribution in [1.82, 2.24) is 14.5 Å². The van der Waals surface area contributed by atoms with Crippen LogP contribution in [0.15, 0.2) is 134 Å². The van der Waals surface area contributed by atoms with Gasteiger partial charge in [-0.2, -0.15) is 0 Å². The number of benzene rings is 5. The van der Waals surface area contributed by atoms with Crippen LogP contribution in [-0.4, -0.2) is 14.5 Å². The summed E-state index contributed by atoms with van der Waals surface area (Å²) in [5.41, 5.74) is 11.2. The molecule has 0 amide bonds. The summed E-state index contributed by atoms with van der Waals surface area (Å²) >= 11 is 0. The average molecular weight is 834 g/mol. The Morgan fingerprint density at radius 3 is 1.76 bits per heavy atom. The number of aromatic nitrogens is 3. The van der Waals surface area contributed by atoms with Gasteiger partial charge in [0.25, 0.3) is 0 Å². The zero-order chi connectivity index (χ0) is 36.4. The van der Waals surface area contributed by atoms with Gasteiger partial charge in [0.15, 0.2) is 0 Å². The van der Waals surface area contributed by atoms with Crippen molar-refractivity contribution in [2.45, 2.75) is 65.7 Å². The Hall–Kier alpha value is -4.63. The summed E-state index contributed by atoms with van der Waals surface area (Å²) in [4.78, 5) is 9.48. The van der Waals surface area contributed by atoms with Crippen LogP contribution < -0.4 is 0 Å². The summed E-state index contributed by atoms with van der Waals surface area (Å²) in [6, 6.07) is 49.1. The first kappa shape index (κ1) is 33.8. The number of imidazole rings is 1. The van der Waals surface area contributed by atoms with Gasteiger partial charge in [0.05, 0.1) is 16.9 Å². The molecule has 3 nitrogen and oxygen atoms in total. The van der Waals surface area contributed by atoms with Gasteiger partial charge in [-0.25, -0.2) is 0 Å². The van der Waals surface area contributed by atoms with E-state index in [-0.39, 0.29) is 25.5 Å². The molecule has 0 bridgehead atoms. The van der Waals surface area contributed by atoms with Gasteiger partial charge in [0.1, 0.15) is 0 Å². The van der Waals surface area contributed by atoms with Gasteiger partial charge in [0.2, 0.25) is 0 Å². The summed E-state index contributed by atoms with van der Waals surface area (Å²) in [5, 5.41) is 0. The smallest absolute Gasteiger partial charge is 0.0774 e. The van der Waals surface area contributed by atoms with E-state index in [1.54, 1.807) is 0 Å². The van der Waals surface area contributed by atoms with Crippen molar-refractivity contribution in [3.05, 3.63) is 162 Å². The Balaban J connectivity index is 0.000000205. The third kappa shape index (κ3) is 8.05. The second-order valence-electron chi connectivity index (χ2n) is 13.8. The molecule has 0 aliphatic rings. The van der Waals surface area contributed by atoms with E-state index in [1.165, 1.54) is 11.1 Å². The van der Waals surface area contributed by atoms with E-state index < -0.39 is 11.8 Å².